The molecule has 0 rings (SSSR count). The number of rotatable bonds is 7. The lowest BCUT2D eigenvalue weighted by atomic mass is 9.66. The fraction of sp³-hybridized carbons (Fsp3) is 0.938. The molecule has 1 unspecified atom stereocenters. The van der Waals surface area contributed by atoms with Crippen molar-refractivity contribution in [2.75, 3.05) is 0 Å². The largest absolute Gasteiger partial charge is 0.462 e. The van der Waals surface area contributed by atoms with Crippen LogP contribution in [0.5, 0.6) is 0 Å². The average Bonchev–Trinajstić information content (AvgIpc) is 2.26. The summed E-state index contributed by atoms with van der Waals surface area (Å²) in [4.78, 5) is 12.5. The van der Waals surface area contributed by atoms with Gasteiger partial charge < -0.3 is 4.74 Å². The summed E-state index contributed by atoms with van der Waals surface area (Å²) in [5.74, 6) is -0.0237. The van der Waals surface area contributed by atoms with Gasteiger partial charge in [0.15, 0.2) is 0 Å². The lowest BCUT2D eigenvalue weighted by Crippen LogP contribution is -2.42. The first-order valence-corrected chi connectivity index (χ1v) is 7.44. The Labute approximate surface area is 113 Å². The van der Waals surface area contributed by atoms with Crippen LogP contribution < -0.4 is 0 Å². The summed E-state index contributed by atoms with van der Waals surface area (Å²) in [6.07, 6.45) is 5.00. The zero-order valence-electron chi connectivity index (χ0n) is 13.4. The normalized spacial score (nSPS) is 15.6. The van der Waals surface area contributed by atoms with E-state index in [-0.39, 0.29) is 17.5 Å². The lowest BCUT2D eigenvalue weighted by molar-refractivity contribution is -0.168. The summed E-state index contributed by atoms with van der Waals surface area (Å²) in [7, 11) is 0. The van der Waals surface area contributed by atoms with Gasteiger partial charge in [0.05, 0.1) is 5.41 Å². The summed E-state index contributed by atoms with van der Waals surface area (Å²) in [5, 5.41) is 0. The first-order valence-electron chi connectivity index (χ1n) is 7.44. The molecule has 18 heavy (non-hydrogen) atoms. The molecule has 0 aliphatic carbocycles. The van der Waals surface area contributed by atoms with Gasteiger partial charge >= 0.3 is 5.97 Å². The highest BCUT2D eigenvalue weighted by atomic mass is 16.5. The van der Waals surface area contributed by atoms with Crippen molar-refractivity contribution in [2.45, 2.75) is 86.7 Å². The molecule has 0 amide bonds. The predicted octanol–water partition coefficient (Wildman–Crippen LogP) is 4.96. The maximum atomic E-state index is 12.5. The topological polar surface area (TPSA) is 26.3 Å². The van der Waals surface area contributed by atoms with Gasteiger partial charge in [0.25, 0.3) is 0 Å². The molecule has 0 aromatic carbocycles. The average molecular weight is 256 g/mol. The number of ether oxygens (including phenoxy) is 1. The van der Waals surface area contributed by atoms with Gasteiger partial charge in [-0.2, -0.15) is 0 Å². The van der Waals surface area contributed by atoms with E-state index in [0.717, 1.165) is 32.1 Å². The van der Waals surface area contributed by atoms with Gasteiger partial charge in [-0.15, -0.1) is 0 Å². The minimum absolute atomic E-state index is 0.0237. The van der Waals surface area contributed by atoms with Crippen molar-refractivity contribution in [3.05, 3.63) is 0 Å². The fourth-order valence-electron chi connectivity index (χ4n) is 2.17. The monoisotopic (exact) mass is 256 g/mol. The van der Waals surface area contributed by atoms with Gasteiger partial charge in [0, 0.05) is 0 Å². The lowest BCUT2D eigenvalue weighted by Gasteiger charge is -2.39. The molecular weight excluding hydrogens is 224 g/mol. The molecular formula is C16H32O2. The van der Waals surface area contributed by atoms with Gasteiger partial charge in [-0.25, -0.2) is 0 Å². The Bertz CT molecular complexity index is 246. The summed E-state index contributed by atoms with van der Waals surface area (Å²) in [6, 6.07) is 0. The van der Waals surface area contributed by atoms with Crippen LogP contribution in [0.15, 0.2) is 0 Å². The van der Waals surface area contributed by atoms with E-state index in [9.17, 15) is 4.79 Å². The molecule has 0 aromatic heterocycles. The first-order chi connectivity index (χ1) is 8.22. The van der Waals surface area contributed by atoms with Crippen LogP contribution in [0.1, 0.15) is 80.6 Å². The van der Waals surface area contributed by atoms with Crippen molar-refractivity contribution in [1.82, 2.24) is 0 Å². The van der Waals surface area contributed by atoms with E-state index in [4.69, 9.17) is 4.74 Å². The third-order valence-corrected chi connectivity index (χ3v) is 4.31. The molecule has 0 saturated carbocycles. The molecule has 0 heterocycles. The van der Waals surface area contributed by atoms with Crippen LogP contribution in [-0.2, 0) is 9.53 Å². The van der Waals surface area contributed by atoms with E-state index in [1.54, 1.807) is 0 Å². The Morgan fingerprint density at radius 3 is 1.72 bits per heavy atom. The Morgan fingerprint density at radius 1 is 1.00 bits per heavy atom. The molecule has 108 valence electrons. The Morgan fingerprint density at radius 2 is 1.44 bits per heavy atom. The van der Waals surface area contributed by atoms with Crippen LogP contribution in [0.25, 0.3) is 0 Å². The maximum Gasteiger partial charge on any atom is 0.312 e. The Hall–Kier alpha value is -0.530. The van der Waals surface area contributed by atoms with Crippen molar-refractivity contribution in [2.24, 2.45) is 10.8 Å². The van der Waals surface area contributed by atoms with E-state index >= 15 is 0 Å². The zero-order chi connectivity index (χ0) is 14.4. The Kier molecular flexibility index (Phi) is 6.94. The van der Waals surface area contributed by atoms with Crippen LogP contribution >= 0.6 is 0 Å². The standard InChI is InChI=1S/C16H32O2/c1-8-11-13(12-9-2)18-14(17)16(7,10-3)15(4,5)6/h13H,8-12H2,1-7H3. The molecule has 0 aliphatic rings. The van der Waals surface area contributed by atoms with Crippen molar-refractivity contribution in [3.63, 3.8) is 0 Å². The second-order valence-corrected chi connectivity index (χ2v) is 6.54. The molecule has 0 fully saturated rings. The smallest absolute Gasteiger partial charge is 0.312 e. The molecule has 0 saturated heterocycles. The molecule has 2 nitrogen and oxygen atoms in total. The summed E-state index contributed by atoms with van der Waals surface area (Å²) >= 11 is 0. The zero-order valence-corrected chi connectivity index (χ0v) is 13.4. The van der Waals surface area contributed by atoms with E-state index in [2.05, 4.69) is 41.5 Å². The quantitative estimate of drug-likeness (QED) is 0.602. The van der Waals surface area contributed by atoms with Gasteiger partial charge in [0.2, 0.25) is 0 Å². The molecule has 0 aromatic rings. The third-order valence-electron chi connectivity index (χ3n) is 4.31. The molecule has 0 radical (unpaired) electrons. The highest BCUT2D eigenvalue weighted by Crippen LogP contribution is 2.42. The van der Waals surface area contributed by atoms with Crippen LogP contribution in [0, 0.1) is 10.8 Å². The van der Waals surface area contributed by atoms with Crippen molar-refractivity contribution < 1.29 is 9.53 Å². The van der Waals surface area contributed by atoms with Crippen LogP contribution in [0.4, 0.5) is 0 Å². The maximum absolute atomic E-state index is 12.5. The van der Waals surface area contributed by atoms with Gasteiger partial charge in [0.1, 0.15) is 6.10 Å². The summed E-state index contributed by atoms with van der Waals surface area (Å²) in [5.41, 5.74) is -0.464. The van der Waals surface area contributed by atoms with Crippen LogP contribution in [-0.4, -0.2) is 12.1 Å². The van der Waals surface area contributed by atoms with E-state index in [0.29, 0.717) is 0 Å². The minimum atomic E-state index is -0.396. The van der Waals surface area contributed by atoms with Crippen LogP contribution in [0.2, 0.25) is 0 Å². The molecule has 0 bridgehead atoms. The second-order valence-electron chi connectivity index (χ2n) is 6.54. The van der Waals surface area contributed by atoms with Gasteiger partial charge in [-0.3, -0.25) is 4.79 Å². The molecule has 1 atom stereocenters. The minimum Gasteiger partial charge on any atom is -0.462 e. The highest BCUT2D eigenvalue weighted by molar-refractivity contribution is 5.77. The number of hydrogen-bond donors (Lipinski definition) is 0. The molecule has 0 spiro atoms. The van der Waals surface area contributed by atoms with Gasteiger partial charge in [-0.1, -0.05) is 54.4 Å². The number of carbonyl (C=O) groups excluding carboxylic acids is 1. The molecule has 0 aliphatic heterocycles. The second kappa shape index (κ2) is 7.16. The van der Waals surface area contributed by atoms with E-state index < -0.39 is 5.41 Å². The van der Waals surface area contributed by atoms with E-state index in [1.165, 1.54) is 0 Å². The van der Waals surface area contributed by atoms with Crippen LogP contribution in [0.3, 0.4) is 0 Å². The van der Waals surface area contributed by atoms with Gasteiger partial charge in [-0.05, 0) is 31.6 Å². The molecule has 2 heteroatoms. The predicted molar refractivity (Wildman–Crippen MR) is 77.5 cm³/mol. The first kappa shape index (κ1) is 17.5. The number of carbonyl (C=O) groups is 1. The number of esters is 1. The third kappa shape index (κ3) is 4.29. The summed E-state index contributed by atoms with van der Waals surface area (Å²) < 4.78 is 5.77. The number of hydrogen-bond acceptors (Lipinski definition) is 2. The summed E-state index contributed by atoms with van der Waals surface area (Å²) in [6.45, 7) is 14.7. The fourth-order valence-corrected chi connectivity index (χ4v) is 2.17. The van der Waals surface area contributed by atoms with Crippen molar-refractivity contribution >= 4 is 5.97 Å². The van der Waals surface area contributed by atoms with Crippen molar-refractivity contribution in [1.29, 1.82) is 0 Å². The van der Waals surface area contributed by atoms with E-state index in [1.807, 2.05) is 6.92 Å². The molecule has 0 N–H and O–H groups in total. The van der Waals surface area contributed by atoms with Crippen molar-refractivity contribution in [3.8, 4) is 0 Å². The highest BCUT2D eigenvalue weighted by Gasteiger charge is 2.44. The SMILES string of the molecule is CCCC(CCC)OC(=O)C(C)(CC)C(C)(C)C. The Balaban J connectivity index is 4.79.